The van der Waals surface area contributed by atoms with Crippen molar-refractivity contribution in [2.45, 2.75) is 43.7 Å². The number of carbonyl (C=O) groups is 1. The summed E-state index contributed by atoms with van der Waals surface area (Å²) in [6, 6.07) is 8.11. The van der Waals surface area contributed by atoms with Crippen molar-refractivity contribution in [3.05, 3.63) is 29.8 Å². The van der Waals surface area contributed by atoms with Gasteiger partial charge in [0.05, 0.1) is 19.2 Å². The molecule has 2 N–H and O–H groups in total. The van der Waals surface area contributed by atoms with Crippen LogP contribution in [0.3, 0.4) is 0 Å². The van der Waals surface area contributed by atoms with E-state index < -0.39 is 0 Å². The highest BCUT2D eigenvalue weighted by Gasteiger charge is 2.43. The molecule has 2 aliphatic rings. The minimum atomic E-state index is -0.0875. The van der Waals surface area contributed by atoms with Gasteiger partial charge in [0.25, 0.3) is 0 Å². The summed E-state index contributed by atoms with van der Waals surface area (Å²) in [6.07, 6.45) is 5.45. The molecular weight excluding hydrogens is 292 g/mol. The van der Waals surface area contributed by atoms with Crippen LogP contribution in [0.25, 0.3) is 0 Å². The Morgan fingerprint density at radius 1 is 1.35 bits per heavy atom. The molecule has 1 heterocycles. The summed E-state index contributed by atoms with van der Waals surface area (Å²) in [5, 5.41) is 6.27. The smallest absolute Gasteiger partial charge is 0.234 e. The van der Waals surface area contributed by atoms with E-state index >= 15 is 0 Å². The van der Waals surface area contributed by atoms with Gasteiger partial charge in [-0.2, -0.15) is 0 Å². The van der Waals surface area contributed by atoms with Gasteiger partial charge < -0.3 is 20.1 Å². The Balaban J connectivity index is 1.66. The van der Waals surface area contributed by atoms with Gasteiger partial charge in [0.1, 0.15) is 11.4 Å². The van der Waals surface area contributed by atoms with E-state index in [-0.39, 0.29) is 17.6 Å². The normalized spacial score (nSPS) is 21.7. The van der Waals surface area contributed by atoms with Gasteiger partial charge in [-0.3, -0.25) is 4.79 Å². The Labute approximate surface area is 137 Å². The number of carbonyl (C=O) groups excluding carboxylic acids is 1. The van der Waals surface area contributed by atoms with E-state index in [0.717, 1.165) is 30.6 Å². The van der Waals surface area contributed by atoms with Crippen molar-refractivity contribution < 1.29 is 14.3 Å². The van der Waals surface area contributed by atoms with Gasteiger partial charge in [0.2, 0.25) is 5.91 Å². The zero-order valence-corrected chi connectivity index (χ0v) is 13.8. The maximum atomic E-state index is 12.2. The highest BCUT2D eigenvalue weighted by molar-refractivity contribution is 5.78. The lowest BCUT2D eigenvalue weighted by Crippen LogP contribution is -2.45. The Kier molecular flexibility index (Phi) is 5.18. The molecule has 0 saturated heterocycles. The first kappa shape index (κ1) is 16.3. The molecule has 1 aliphatic carbocycles. The molecule has 1 aliphatic heterocycles. The maximum absolute atomic E-state index is 12.2. The molecule has 1 unspecified atom stereocenters. The molecule has 1 spiro atoms. The molecule has 1 amide bonds. The third kappa shape index (κ3) is 3.85. The average Bonchev–Trinajstić information content (AvgIpc) is 2.99. The van der Waals surface area contributed by atoms with Crippen LogP contribution in [0.1, 0.15) is 43.7 Å². The fourth-order valence-electron chi connectivity index (χ4n) is 3.69. The van der Waals surface area contributed by atoms with Crippen LogP contribution in [-0.2, 0) is 9.53 Å². The molecular formula is C18H26N2O3. The molecule has 1 fully saturated rings. The number of rotatable bonds is 6. The summed E-state index contributed by atoms with van der Waals surface area (Å²) >= 11 is 0. The average molecular weight is 318 g/mol. The van der Waals surface area contributed by atoms with Gasteiger partial charge >= 0.3 is 0 Å². The Bertz CT molecular complexity index is 541. The Morgan fingerprint density at radius 2 is 2.13 bits per heavy atom. The number of fused-ring (bicyclic) bond motifs is 1. The molecule has 1 aromatic rings. The van der Waals surface area contributed by atoms with Crippen molar-refractivity contribution in [2.75, 3.05) is 26.8 Å². The van der Waals surface area contributed by atoms with Crippen molar-refractivity contribution in [1.29, 1.82) is 0 Å². The highest BCUT2D eigenvalue weighted by atomic mass is 16.5. The van der Waals surface area contributed by atoms with Crippen LogP contribution < -0.4 is 15.4 Å². The molecule has 3 rings (SSSR count). The van der Waals surface area contributed by atoms with Gasteiger partial charge in [0, 0.05) is 25.6 Å². The first-order chi connectivity index (χ1) is 11.2. The van der Waals surface area contributed by atoms with Crippen LogP contribution in [0.2, 0.25) is 0 Å². The quantitative estimate of drug-likeness (QED) is 0.789. The van der Waals surface area contributed by atoms with Crippen molar-refractivity contribution in [1.82, 2.24) is 10.6 Å². The molecule has 0 bridgehead atoms. The van der Waals surface area contributed by atoms with Gasteiger partial charge in [-0.25, -0.2) is 0 Å². The standard InChI is InChI=1S/C18H26N2O3/c1-22-11-10-19-13-17(21)20-15-12-18(8-4-5-9-18)23-16-7-3-2-6-14(15)16/h2-3,6-7,15,19H,4-5,8-13H2,1H3,(H,20,21). The largest absolute Gasteiger partial charge is 0.487 e. The fourth-order valence-corrected chi connectivity index (χ4v) is 3.69. The van der Waals surface area contributed by atoms with Gasteiger partial charge in [-0.05, 0) is 31.7 Å². The third-order valence-electron chi connectivity index (χ3n) is 4.82. The second kappa shape index (κ2) is 7.32. The van der Waals surface area contributed by atoms with Crippen molar-refractivity contribution >= 4 is 5.91 Å². The number of benzene rings is 1. The molecule has 0 aromatic heterocycles. The number of methoxy groups -OCH3 is 1. The van der Waals surface area contributed by atoms with Crippen molar-refractivity contribution in [3.8, 4) is 5.75 Å². The second-order valence-electron chi connectivity index (χ2n) is 6.52. The maximum Gasteiger partial charge on any atom is 0.234 e. The van der Waals surface area contributed by atoms with E-state index in [2.05, 4.69) is 16.7 Å². The lowest BCUT2D eigenvalue weighted by atomic mass is 9.86. The van der Waals surface area contributed by atoms with E-state index in [9.17, 15) is 4.79 Å². The monoisotopic (exact) mass is 318 g/mol. The summed E-state index contributed by atoms with van der Waals surface area (Å²) < 4.78 is 11.3. The fraction of sp³-hybridized carbons (Fsp3) is 0.611. The minimum Gasteiger partial charge on any atom is -0.487 e. The molecule has 126 valence electrons. The van der Waals surface area contributed by atoms with Crippen LogP contribution in [0, 0.1) is 0 Å². The lowest BCUT2D eigenvalue weighted by molar-refractivity contribution is -0.121. The summed E-state index contributed by atoms with van der Waals surface area (Å²) in [6.45, 7) is 1.60. The summed E-state index contributed by atoms with van der Waals surface area (Å²) in [5.41, 5.74) is 1.01. The van der Waals surface area contributed by atoms with E-state index in [4.69, 9.17) is 9.47 Å². The number of hydrogen-bond donors (Lipinski definition) is 2. The molecule has 1 saturated carbocycles. The van der Waals surface area contributed by atoms with Crippen LogP contribution >= 0.6 is 0 Å². The van der Waals surface area contributed by atoms with E-state index in [1.807, 2.05) is 18.2 Å². The van der Waals surface area contributed by atoms with E-state index in [1.54, 1.807) is 7.11 Å². The summed E-state index contributed by atoms with van der Waals surface area (Å²) in [5.74, 6) is 0.953. The third-order valence-corrected chi connectivity index (χ3v) is 4.82. The van der Waals surface area contributed by atoms with Gasteiger partial charge in [0.15, 0.2) is 0 Å². The predicted molar refractivity (Wildman–Crippen MR) is 88.5 cm³/mol. The van der Waals surface area contributed by atoms with E-state index in [1.165, 1.54) is 12.8 Å². The summed E-state index contributed by atoms with van der Waals surface area (Å²) in [4.78, 5) is 12.2. The SMILES string of the molecule is COCCNCC(=O)NC1CC2(CCCC2)Oc2ccccc21. The molecule has 1 atom stereocenters. The van der Waals surface area contributed by atoms with Crippen LogP contribution in [0.15, 0.2) is 24.3 Å². The predicted octanol–water partition coefficient (Wildman–Crippen LogP) is 2.18. The minimum absolute atomic E-state index is 0.0240. The molecule has 23 heavy (non-hydrogen) atoms. The first-order valence-electron chi connectivity index (χ1n) is 8.49. The second-order valence-corrected chi connectivity index (χ2v) is 6.52. The van der Waals surface area contributed by atoms with Gasteiger partial charge in [-0.1, -0.05) is 18.2 Å². The number of nitrogens with one attached hydrogen (secondary N) is 2. The van der Waals surface area contributed by atoms with Crippen molar-refractivity contribution in [2.24, 2.45) is 0 Å². The van der Waals surface area contributed by atoms with Crippen molar-refractivity contribution in [3.63, 3.8) is 0 Å². The number of ether oxygens (including phenoxy) is 2. The number of amides is 1. The first-order valence-corrected chi connectivity index (χ1v) is 8.49. The Morgan fingerprint density at radius 3 is 2.91 bits per heavy atom. The molecule has 5 heteroatoms. The van der Waals surface area contributed by atoms with Gasteiger partial charge in [-0.15, -0.1) is 0 Å². The lowest BCUT2D eigenvalue weighted by Gasteiger charge is -2.40. The molecule has 5 nitrogen and oxygen atoms in total. The topological polar surface area (TPSA) is 59.6 Å². The Hall–Kier alpha value is -1.59. The van der Waals surface area contributed by atoms with Crippen LogP contribution in [0.5, 0.6) is 5.75 Å². The van der Waals surface area contributed by atoms with Crippen LogP contribution in [0.4, 0.5) is 0 Å². The number of hydrogen-bond acceptors (Lipinski definition) is 4. The summed E-state index contributed by atoms with van der Waals surface area (Å²) in [7, 11) is 1.65. The van der Waals surface area contributed by atoms with Crippen LogP contribution in [-0.4, -0.2) is 38.3 Å². The zero-order chi connectivity index (χ0) is 16.1. The molecule has 0 radical (unpaired) electrons. The zero-order valence-electron chi connectivity index (χ0n) is 13.8. The highest BCUT2D eigenvalue weighted by Crippen LogP contribution is 2.46. The number of para-hydroxylation sites is 1. The van der Waals surface area contributed by atoms with E-state index in [0.29, 0.717) is 19.7 Å². The molecule has 1 aromatic carbocycles.